The summed E-state index contributed by atoms with van der Waals surface area (Å²) in [5.74, 6) is 1.80. The van der Waals surface area contributed by atoms with E-state index in [0.717, 1.165) is 49.6 Å². The molecule has 1 saturated carbocycles. The molecular formula is C20H29N5O. The molecule has 0 amide bonds. The van der Waals surface area contributed by atoms with Gasteiger partial charge in [0.2, 0.25) is 0 Å². The zero-order valence-corrected chi connectivity index (χ0v) is 15.6. The van der Waals surface area contributed by atoms with Gasteiger partial charge < -0.3 is 5.11 Å². The fourth-order valence-corrected chi connectivity index (χ4v) is 4.55. The van der Waals surface area contributed by atoms with E-state index in [0.29, 0.717) is 6.54 Å². The van der Waals surface area contributed by atoms with Crippen LogP contribution in [0.15, 0.2) is 24.5 Å². The highest BCUT2D eigenvalue weighted by atomic mass is 16.3. The average molecular weight is 355 g/mol. The van der Waals surface area contributed by atoms with Crippen LogP contribution in [0.3, 0.4) is 0 Å². The maximum Gasteiger partial charge on any atom is 0.181 e. The Bertz CT molecular complexity index is 717. The van der Waals surface area contributed by atoms with E-state index in [1.54, 1.807) is 12.4 Å². The van der Waals surface area contributed by atoms with Gasteiger partial charge in [0.1, 0.15) is 5.82 Å². The first-order valence-corrected chi connectivity index (χ1v) is 10.0. The van der Waals surface area contributed by atoms with E-state index in [9.17, 15) is 5.11 Å². The monoisotopic (exact) mass is 355 g/mol. The molecule has 2 fully saturated rings. The lowest BCUT2D eigenvalue weighted by Crippen LogP contribution is -2.45. The van der Waals surface area contributed by atoms with Crippen molar-refractivity contribution in [2.75, 3.05) is 13.1 Å². The highest BCUT2D eigenvalue weighted by Gasteiger charge is 2.46. The molecule has 2 aromatic rings. The van der Waals surface area contributed by atoms with Crippen molar-refractivity contribution < 1.29 is 5.11 Å². The molecule has 1 aliphatic carbocycles. The zero-order chi connectivity index (χ0) is 18.0. The van der Waals surface area contributed by atoms with Crippen molar-refractivity contribution >= 4 is 0 Å². The molecular weight excluding hydrogens is 326 g/mol. The van der Waals surface area contributed by atoms with Crippen LogP contribution in [0, 0.1) is 0 Å². The third-order valence-electron chi connectivity index (χ3n) is 6.02. The van der Waals surface area contributed by atoms with Gasteiger partial charge in [-0.05, 0) is 57.3 Å². The van der Waals surface area contributed by atoms with Crippen LogP contribution in [-0.4, -0.2) is 48.9 Å². The second-order valence-electron chi connectivity index (χ2n) is 7.67. The molecule has 1 N–H and O–H groups in total. The van der Waals surface area contributed by atoms with Crippen LogP contribution in [-0.2, 0) is 12.1 Å². The number of likely N-dealkylation sites (tertiary alicyclic amines) is 1. The van der Waals surface area contributed by atoms with Gasteiger partial charge in [0.15, 0.2) is 5.82 Å². The van der Waals surface area contributed by atoms with Crippen LogP contribution in [0.5, 0.6) is 0 Å². The maximum absolute atomic E-state index is 10.3. The van der Waals surface area contributed by atoms with E-state index in [-0.39, 0.29) is 5.54 Å². The first kappa shape index (κ1) is 17.6. The molecule has 26 heavy (non-hydrogen) atoms. The van der Waals surface area contributed by atoms with Gasteiger partial charge in [-0.2, -0.15) is 5.10 Å². The van der Waals surface area contributed by atoms with Crippen molar-refractivity contribution in [1.29, 1.82) is 0 Å². The van der Waals surface area contributed by atoms with Crippen molar-refractivity contribution in [1.82, 2.24) is 24.6 Å². The summed E-state index contributed by atoms with van der Waals surface area (Å²) < 4.78 is 1.99. The van der Waals surface area contributed by atoms with Gasteiger partial charge in [-0.25, -0.2) is 9.67 Å². The third kappa shape index (κ3) is 3.16. The van der Waals surface area contributed by atoms with Crippen LogP contribution in [0.4, 0.5) is 0 Å². The fourth-order valence-electron chi connectivity index (χ4n) is 4.55. The quantitative estimate of drug-likeness (QED) is 0.863. The van der Waals surface area contributed by atoms with E-state index in [1.807, 2.05) is 23.7 Å². The molecule has 3 heterocycles. The van der Waals surface area contributed by atoms with Gasteiger partial charge in [0, 0.05) is 18.0 Å². The lowest BCUT2D eigenvalue weighted by atomic mass is 9.94. The van der Waals surface area contributed by atoms with E-state index in [1.165, 1.54) is 25.7 Å². The lowest BCUT2D eigenvalue weighted by Gasteiger charge is -2.38. The molecule has 140 valence electrons. The summed E-state index contributed by atoms with van der Waals surface area (Å²) in [5.41, 5.74) is 0.975. The molecule has 0 unspecified atom stereocenters. The van der Waals surface area contributed by atoms with Crippen molar-refractivity contribution in [3.8, 4) is 11.4 Å². The number of rotatable bonds is 6. The molecule has 1 atom stereocenters. The Hall–Kier alpha value is -1.79. The van der Waals surface area contributed by atoms with Crippen LogP contribution in [0.2, 0.25) is 0 Å². The first-order chi connectivity index (χ1) is 12.7. The first-order valence-electron chi connectivity index (χ1n) is 10.0. The van der Waals surface area contributed by atoms with Gasteiger partial charge in [0.05, 0.1) is 18.2 Å². The molecule has 2 aliphatic rings. The number of nitrogens with zero attached hydrogens (tertiary/aromatic N) is 5. The molecule has 1 aliphatic heterocycles. The Kier molecular flexibility index (Phi) is 5.05. The maximum atomic E-state index is 10.3. The smallest absolute Gasteiger partial charge is 0.181 e. The van der Waals surface area contributed by atoms with Gasteiger partial charge in [0.25, 0.3) is 0 Å². The number of aliphatic hydroxyl groups is 1. The minimum atomic E-state index is -0.391. The minimum absolute atomic E-state index is 0.0117. The summed E-state index contributed by atoms with van der Waals surface area (Å²) in [4.78, 5) is 11.8. The van der Waals surface area contributed by atoms with Gasteiger partial charge in [-0.15, -0.1) is 0 Å². The summed E-state index contributed by atoms with van der Waals surface area (Å²) in [6.07, 6.45) is 11.2. The second-order valence-corrected chi connectivity index (χ2v) is 7.67. The van der Waals surface area contributed by atoms with Crippen molar-refractivity contribution in [2.45, 2.75) is 70.1 Å². The number of aliphatic hydroxyl groups excluding tert-OH is 1. The molecule has 2 aromatic heterocycles. The Morgan fingerprint density at radius 2 is 1.81 bits per heavy atom. The van der Waals surface area contributed by atoms with E-state index in [4.69, 9.17) is 10.1 Å². The number of aromatic nitrogens is 4. The van der Waals surface area contributed by atoms with Crippen LogP contribution >= 0.6 is 0 Å². The Balaban J connectivity index is 1.78. The van der Waals surface area contributed by atoms with Crippen molar-refractivity contribution in [2.24, 2.45) is 0 Å². The van der Waals surface area contributed by atoms with Gasteiger partial charge in [-0.1, -0.05) is 19.8 Å². The Morgan fingerprint density at radius 3 is 2.46 bits per heavy atom. The number of hydrogen-bond acceptors (Lipinski definition) is 5. The number of pyridine rings is 1. The van der Waals surface area contributed by atoms with E-state index < -0.39 is 6.10 Å². The van der Waals surface area contributed by atoms with Crippen molar-refractivity contribution in [3.05, 3.63) is 30.4 Å². The predicted molar refractivity (Wildman–Crippen MR) is 101 cm³/mol. The predicted octanol–water partition coefficient (Wildman–Crippen LogP) is 2.98. The highest BCUT2D eigenvalue weighted by molar-refractivity contribution is 5.53. The van der Waals surface area contributed by atoms with Gasteiger partial charge >= 0.3 is 0 Å². The third-order valence-corrected chi connectivity index (χ3v) is 6.02. The average Bonchev–Trinajstić information content (AvgIpc) is 3.42. The molecule has 0 radical (unpaired) electrons. The van der Waals surface area contributed by atoms with Gasteiger partial charge in [-0.3, -0.25) is 9.88 Å². The highest BCUT2D eigenvalue weighted by Crippen LogP contribution is 2.45. The normalized spacial score (nSPS) is 21.3. The molecule has 6 nitrogen and oxygen atoms in total. The SMILES string of the molecule is CC[C@@H](O)Cn1nc(-c2ccncc2)nc1C1(N2CCCC2)CCCC1. The lowest BCUT2D eigenvalue weighted by molar-refractivity contribution is 0.0945. The molecule has 6 heteroatoms. The summed E-state index contributed by atoms with van der Waals surface area (Å²) in [7, 11) is 0. The summed E-state index contributed by atoms with van der Waals surface area (Å²) >= 11 is 0. The zero-order valence-electron chi connectivity index (χ0n) is 15.6. The van der Waals surface area contributed by atoms with E-state index in [2.05, 4.69) is 9.88 Å². The molecule has 0 spiro atoms. The minimum Gasteiger partial charge on any atom is -0.391 e. The van der Waals surface area contributed by atoms with Crippen LogP contribution in [0.1, 0.15) is 57.7 Å². The fraction of sp³-hybridized carbons (Fsp3) is 0.650. The topological polar surface area (TPSA) is 67.1 Å². The van der Waals surface area contributed by atoms with Crippen molar-refractivity contribution in [3.63, 3.8) is 0 Å². The molecule has 0 bridgehead atoms. The molecule has 4 rings (SSSR count). The summed E-state index contributed by atoms with van der Waals surface area (Å²) in [6.45, 7) is 4.82. The van der Waals surface area contributed by atoms with Crippen LogP contribution in [0.25, 0.3) is 11.4 Å². The molecule has 1 saturated heterocycles. The standard InChI is InChI=1S/C20H29N5O/c1-2-17(26)15-25-19(22-18(23-25)16-7-11-21-12-8-16)20(9-3-4-10-20)24-13-5-6-14-24/h7-8,11-12,17,26H,2-6,9-10,13-15H2,1H3/t17-/m1/s1. The van der Waals surface area contributed by atoms with Crippen LogP contribution < -0.4 is 0 Å². The largest absolute Gasteiger partial charge is 0.391 e. The number of hydrogen-bond donors (Lipinski definition) is 1. The summed E-state index contributed by atoms with van der Waals surface area (Å²) in [5, 5.41) is 15.1. The molecule has 0 aromatic carbocycles. The Labute approximate surface area is 155 Å². The summed E-state index contributed by atoms with van der Waals surface area (Å²) in [6, 6.07) is 3.91. The second kappa shape index (κ2) is 7.45. The van der Waals surface area contributed by atoms with E-state index >= 15 is 0 Å². The Morgan fingerprint density at radius 1 is 1.12 bits per heavy atom.